The van der Waals surface area contributed by atoms with Crippen LogP contribution in [0.3, 0.4) is 0 Å². The molecule has 8 nitrogen and oxygen atoms in total. The lowest BCUT2D eigenvalue weighted by Gasteiger charge is -2.28. The number of urea groups is 1. The molecule has 186 valence electrons. The smallest absolute Gasteiger partial charge is 0.326 e. The van der Waals surface area contributed by atoms with Gasteiger partial charge in [-0.05, 0) is 46.9 Å². The minimum absolute atomic E-state index is 0.0796. The first-order valence-corrected chi connectivity index (χ1v) is 11.6. The van der Waals surface area contributed by atoms with Gasteiger partial charge in [-0.3, -0.25) is 14.5 Å². The van der Waals surface area contributed by atoms with Crippen LogP contribution >= 0.6 is 0 Å². The van der Waals surface area contributed by atoms with E-state index in [1.807, 2.05) is 37.3 Å². The van der Waals surface area contributed by atoms with E-state index < -0.39 is 23.4 Å². The van der Waals surface area contributed by atoms with Gasteiger partial charge in [0.05, 0.1) is 14.2 Å². The molecule has 1 fully saturated rings. The molecule has 36 heavy (non-hydrogen) atoms. The Balaban J connectivity index is 1.58. The molecular weight excluding hydrogens is 458 g/mol. The van der Waals surface area contributed by atoms with Gasteiger partial charge in [0.1, 0.15) is 18.0 Å². The van der Waals surface area contributed by atoms with E-state index in [0.29, 0.717) is 29.2 Å². The summed E-state index contributed by atoms with van der Waals surface area (Å²) in [5.74, 6) is 0.361. The molecule has 0 radical (unpaired) electrons. The van der Waals surface area contributed by atoms with Crippen molar-refractivity contribution in [2.75, 3.05) is 27.3 Å². The lowest BCUT2D eigenvalue weighted by atomic mass is 9.82. The summed E-state index contributed by atoms with van der Waals surface area (Å²) in [7, 11) is 3.10. The Morgan fingerprint density at radius 3 is 1.92 bits per heavy atom. The number of hydrogen-bond donors (Lipinski definition) is 2. The van der Waals surface area contributed by atoms with E-state index in [0.717, 1.165) is 10.5 Å². The van der Waals surface area contributed by atoms with Gasteiger partial charge in [0.2, 0.25) is 5.91 Å². The molecule has 2 N–H and O–H groups in total. The molecule has 1 saturated heterocycles. The van der Waals surface area contributed by atoms with Crippen LogP contribution in [-0.2, 0) is 15.1 Å². The molecule has 1 aliphatic rings. The fraction of sp³-hybridized carbons (Fsp3) is 0.250. The minimum atomic E-state index is -1.49. The average molecular weight is 488 g/mol. The molecule has 3 aromatic carbocycles. The molecule has 0 spiro atoms. The lowest BCUT2D eigenvalue weighted by molar-refractivity contribution is -0.134. The van der Waals surface area contributed by atoms with Crippen molar-refractivity contribution in [1.29, 1.82) is 0 Å². The van der Waals surface area contributed by atoms with E-state index in [4.69, 9.17) is 9.47 Å². The molecule has 0 saturated carbocycles. The summed E-state index contributed by atoms with van der Waals surface area (Å²) in [5, 5.41) is 5.69. The molecule has 3 aromatic rings. The maximum Gasteiger partial charge on any atom is 0.326 e. The minimum Gasteiger partial charge on any atom is -0.497 e. The van der Waals surface area contributed by atoms with Crippen molar-refractivity contribution in [3.8, 4) is 11.5 Å². The SMILES string of the molecule is COc1ccc(C2(c3ccc(OC)cc3)NC(=O)N(CC(=O)NC[C@H](C)c3ccccc3)C2=O)cc1. The lowest BCUT2D eigenvalue weighted by Crippen LogP contribution is -2.46. The number of methoxy groups -OCH3 is 2. The predicted molar refractivity (Wildman–Crippen MR) is 135 cm³/mol. The second kappa shape index (κ2) is 10.5. The Labute approximate surface area is 210 Å². The van der Waals surface area contributed by atoms with Gasteiger partial charge in [-0.1, -0.05) is 61.5 Å². The molecular formula is C28H29N3O5. The zero-order chi connectivity index (χ0) is 25.7. The maximum absolute atomic E-state index is 13.8. The van der Waals surface area contributed by atoms with Crippen molar-refractivity contribution in [3.05, 3.63) is 95.6 Å². The van der Waals surface area contributed by atoms with E-state index in [2.05, 4.69) is 10.6 Å². The highest BCUT2D eigenvalue weighted by molar-refractivity contribution is 6.11. The van der Waals surface area contributed by atoms with Gasteiger partial charge in [0.25, 0.3) is 5.91 Å². The summed E-state index contributed by atoms with van der Waals surface area (Å²) in [6.07, 6.45) is 0. The molecule has 1 atom stereocenters. The van der Waals surface area contributed by atoms with E-state index in [9.17, 15) is 14.4 Å². The first-order valence-electron chi connectivity index (χ1n) is 11.6. The molecule has 1 heterocycles. The number of carbonyl (C=O) groups excluding carboxylic acids is 3. The topological polar surface area (TPSA) is 97.0 Å². The van der Waals surface area contributed by atoms with Gasteiger partial charge < -0.3 is 20.1 Å². The highest BCUT2D eigenvalue weighted by Crippen LogP contribution is 2.37. The second-order valence-electron chi connectivity index (χ2n) is 8.64. The number of benzene rings is 3. The fourth-order valence-electron chi connectivity index (χ4n) is 4.33. The molecule has 0 unspecified atom stereocenters. The number of hydrogen-bond acceptors (Lipinski definition) is 5. The summed E-state index contributed by atoms with van der Waals surface area (Å²) in [4.78, 5) is 40.6. The van der Waals surface area contributed by atoms with Gasteiger partial charge in [-0.25, -0.2) is 4.79 Å². The number of imide groups is 1. The van der Waals surface area contributed by atoms with Gasteiger partial charge in [0.15, 0.2) is 5.54 Å². The van der Waals surface area contributed by atoms with Gasteiger partial charge in [-0.15, -0.1) is 0 Å². The number of rotatable bonds is 9. The average Bonchev–Trinajstić information content (AvgIpc) is 3.17. The molecule has 0 bridgehead atoms. The van der Waals surface area contributed by atoms with Gasteiger partial charge >= 0.3 is 6.03 Å². The quantitative estimate of drug-likeness (QED) is 0.451. The first kappa shape index (κ1) is 24.8. The third-order valence-electron chi connectivity index (χ3n) is 6.43. The van der Waals surface area contributed by atoms with Crippen molar-refractivity contribution in [2.24, 2.45) is 0 Å². The van der Waals surface area contributed by atoms with Crippen LogP contribution in [0.25, 0.3) is 0 Å². The largest absolute Gasteiger partial charge is 0.497 e. The van der Waals surface area contributed by atoms with Crippen LogP contribution in [0, 0.1) is 0 Å². The Morgan fingerprint density at radius 1 is 0.889 bits per heavy atom. The molecule has 8 heteroatoms. The van der Waals surface area contributed by atoms with Gasteiger partial charge in [-0.2, -0.15) is 0 Å². The number of ether oxygens (including phenoxy) is 2. The second-order valence-corrected chi connectivity index (χ2v) is 8.64. The van der Waals surface area contributed by atoms with Crippen LogP contribution < -0.4 is 20.1 Å². The summed E-state index contributed by atoms with van der Waals surface area (Å²) in [6, 6.07) is 23.0. The summed E-state index contributed by atoms with van der Waals surface area (Å²) < 4.78 is 10.5. The van der Waals surface area contributed by atoms with Crippen molar-refractivity contribution in [2.45, 2.75) is 18.4 Å². The number of nitrogens with one attached hydrogen (secondary N) is 2. The number of carbonyl (C=O) groups is 3. The first-order chi connectivity index (χ1) is 17.4. The van der Waals surface area contributed by atoms with E-state index in [1.54, 1.807) is 62.8 Å². The van der Waals surface area contributed by atoms with Crippen LogP contribution in [0.2, 0.25) is 0 Å². The Hall–Kier alpha value is -4.33. The highest BCUT2D eigenvalue weighted by Gasteiger charge is 2.54. The van der Waals surface area contributed by atoms with Gasteiger partial charge in [0, 0.05) is 6.54 Å². The fourth-order valence-corrected chi connectivity index (χ4v) is 4.33. The Kier molecular flexibility index (Phi) is 7.24. The number of nitrogens with zero attached hydrogens (tertiary/aromatic N) is 1. The maximum atomic E-state index is 13.8. The standard InChI is InChI=1S/C28H29N3O5/c1-19(20-7-5-4-6-8-20)17-29-25(32)18-31-26(33)28(30-27(31)34,21-9-13-23(35-2)14-10-21)22-11-15-24(36-3)16-12-22/h4-16,19H,17-18H2,1-3H3,(H,29,32)(H,30,34)/t19-/m0/s1. The van der Waals surface area contributed by atoms with Crippen molar-refractivity contribution in [1.82, 2.24) is 15.5 Å². The van der Waals surface area contributed by atoms with Crippen LogP contribution in [0.5, 0.6) is 11.5 Å². The van der Waals surface area contributed by atoms with Crippen LogP contribution in [-0.4, -0.2) is 50.1 Å². The molecule has 0 aliphatic carbocycles. The number of amides is 4. The molecule has 4 amide bonds. The highest BCUT2D eigenvalue weighted by atomic mass is 16.5. The third kappa shape index (κ3) is 4.75. The van der Waals surface area contributed by atoms with Crippen molar-refractivity contribution in [3.63, 3.8) is 0 Å². The van der Waals surface area contributed by atoms with Crippen LogP contribution in [0.1, 0.15) is 29.5 Å². The van der Waals surface area contributed by atoms with E-state index in [-0.39, 0.29) is 12.5 Å². The van der Waals surface area contributed by atoms with Crippen molar-refractivity contribution < 1.29 is 23.9 Å². The predicted octanol–water partition coefficient (Wildman–Crippen LogP) is 3.42. The zero-order valence-corrected chi connectivity index (χ0v) is 20.5. The van der Waals surface area contributed by atoms with E-state index in [1.165, 1.54) is 0 Å². The molecule has 1 aliphatic heterocycles. The summed E-state index contributed by atoms with van der Waals surface area (Å²) in [6.45, 7) is 2.00. The van der Waals surface area contributed by atoms with E-state index >= 15 is 0 Å². The zero-order valence-electron chi connectivity index (χ0n) is 20.5. The van der Waals surface area contributed by atoms with Crippen molar-refractivity contribution >= 4 is 17.8 Å². The monoisotopic (exact) mass is 487 g/mol. The Bertz CT molecular complexity index is 1180. The Morgan fingerprint density at radius 2 is 1.42 bits per heavy atom. The molecule has 0 aromatic heterocycles. The van der Waals surface area contributed by atoms with Crippen LogP contribution in [0.15, 0.2) is 78.9 Å². The molecule has 4 rings (SSSR count). The normalized spacial score (nSPS) is 15.2. The van der Waals surface area contributed by atoms with Crippen LogP contribution in [0.4, 0.5) is 4.79 Å². The summed E-state index contributed by atoms with van der Waals surface area (Å²) in [5.41, 5.74) is 0.693. The summed E-state index contributed by atoms with van der Waals surface area (Å²) >= 11 is 0. The third-order valence-corrected chi connectivity index (χ3v) is 6.43.